The van der Waals surface area contributed by atoms with Crippen molar-refractivity contribution in [2.45, 2.75) is 32.3 Å². The SMILES string of the molecule is CCOc1c(Cl)cc(C(=O)Nc2ccc(C(=O)O)cc2)cc1OC1CCC1. The van der Waals surface area contributed by atoms with Crippen LogP contribution in [-0.2, 0) is 0 Å². The van der Waals surface area contributed by atoms with Crippen LogP contribution in [0.25, 0.3) is 0 Å². The van der Waals surface area contributed by atoms with E-state index >= 15 is 0 Å². The maximum atomic E-state index is 12.6. The van der Waals surface area contributed by atoms with Crippen LogP contribution in [-0.4, -0.2) is 29.7 Å². The Kier molecular flexibility index (Phi) is 5.86. The van der Waals surface area contributed by atoms with Gasteiger partial charge in [0.2, 0.25) is 0 Å². The number of carbonyl (C=O) groups excluding carboxylic acids is 1. The van der Waals surface area contributed by atoms with Gasteiger partial charge in [0, 0.05) is 11.3 Å². The van der Waals surface area contributed by atoms with E-state index in [4.69, 9.17) is 26.2 Å². The fraction of sp³-hybridized carbons (Fsp3) is 0.300. The Morgan fingerprint density at radius 3 is 2.44 bits per heavy atom. The third-order valence-electron chi connectivity index (χ3n) is 4.30. The summed E-state index contributed by atoms with van der Waals surface area (Å²) in [6.07, 6.45) is 3.17. The average molecular weight is 390 g/mol. The summed E-state index contributed by atoms with van der Waals surface area (Å²) < 4.78 is 11.5. The number of rotatable bonds is 7. The van der Waals surface area contributed by atoms with Crippen molar-refractivity contribution in [1.29, 1.82) is 0 Å². The fourth-order valence-electron chi connectivity index (χ4n) is 2.64. The van der Waals surface area contributed by atoms with Crippen LogP contribution in [0.15, 0.2) is 36.4 Å². The zero-order valence-corrected chi connectivity index (χ0v) is 15.6. The normalized spacial score (nSPS) is 13.6. The number of hydrogen-bond acceptors (Lipinski definition) is 4. The largest absolute Gasteiger partial charge is 0.488 e. The minimum Gasteiger partial charge on any atom is -0.488 e. The predicted octanol–water partition coefficient (Wildman–Crippen LogP) is 4.62. The summed E-state index contributed by atoms with van der Waals surface area (Å²) in [5.41, 5.74) is 0.963. The van der Waals surface area contributed by atoms with Crippen LogP contribution in [0.1, 0.15) is 46.9 Å². The van der Waals surface area contributed by atoms with E-state index in [0.29, 0.717) is 34.4 Å². The molecule has 1 aliphatic carbocycles. The number of carboxylic acid groups (broad SMARTS) is 1. The molecule has 0 unspecified atom stereocenters. The molecule has 142 valence electrons. The highest BCUT2D eigenvalue weighted by atomic mass is 35.5. The second kappa shape index (κ2) is 8.31. The van der Waals surface area contributed by atoms with Crippen LogP contribution in [0, 0.1) is 0 Å². The minimum absolute atomic E-state index is 0.113. The van der Waals surface area contributed by atoms with Crippen LogP contribution in [0.2, 0.25) is 5.02 Å². The highest BCUT2D eigenvalue weighted by molar-refractivity contribution is 6.32. The Labute approximate surface area is 162 Å². The van der Waals surface area contributed by atoms with Gasteiger partial charge < -0.3 is 19.9 Å². The van der Waals surface area contributed by atoms with Gasteiger partial charge in [-0.2, -0.15) is 0 Å². The second-order valence-electron chi connectivity index (χ2n) is 6.23. The van der Waals surface area contributed by atoms with Crippen molar-refractivity contribution >= 4 is 29.2 Å². The number of benzene rings is 2. The van der Waals surface area contributed by atoms with Crippen LogP contribution in [0.4, 0.5) is 5.69 Å². The topological polar surface area (TPSA) is 84.9 Å². The molecule has 6 nitrogen and oxygen atoms in total. The first kappa shape index (κ1) is 19.0. The van der Waals surface area contributed by atoms with Gasteiger partial charge in [-0.25, -0.2) is 4.79 Å². The molecule has 27 heavy (non-hydrogen) atoms. The number of halogens is 1. The first-order valence-corrected chi connectivity index (χ1v) is 9.13. The molecular weight excluding hydrogens is 370 g/mol. The van der Waals surface area contributed by atoms with Gasteiger partial charge in [-0.1, -0.05) is 11.6 Å². The number of aromatic carboxylic acids is 1. The molecule has 3 rings (SSSR count). The van der Waals surface area contributed by atoms with E-state index in [1.165, 1.54) is 30.3 Å². The van der Waals surface area contributed by atoms with E-state index < -0.39 is 5.97 Å². The van der Waals surface area contributed by atoms with Crippen molar-refractivity contribution in [1.82, 2.24) is 0 Å². The van der Waals surface area contributed by atoms with E-state index in [2.05, 4.69) is 5.32 Å². The molecule has 7 heteroatoms. The van der Waals surface area contributed by atoms with Gasteiger partial charge in [-0.05, 0) is 62.6 Å². The van der Waals surface area contributed by atoms with Crippen LogP contribution >= 0.6 is 11.6 Å². The summed E-state index contributed by atoms with van der Waals surface area (Å²) in [7, 11) is 0. The standard InChI is InChI=1S/C20H20ClNO5/c1-2-26-18-16(21)10-13(11-17(18)27-15-4-3-5-15)19(23)22-14-8-6-12(7-9-14)20(24)25/h6-11,15H,2-5H2,1H3,(H,22,23)(H,24,25). The summed E-state index contributed by atoms with van der Waals surface area (Å²) >= 11 is 6.31. The number of amides is 1. The zero-order valence-electron chi connectivity index (χ0n) is 14.8. The molecule has 0 aromatic heterocycles. The Hall–Kier alpha value is -2.73. The Morgan fingerprint density at radius 1 is 1.19 bits per heavy atom. The van der Waals surface area contributed by atoms with Gasteiger partial charge in [-0.15, -0.1) is 0 Å². The molecule has 0 saturated heterocycles. The molecule has 2 N–H and O–H groups in total. The molecule has 0 spiro atoms. The molecule has 2 aromatic carbocycles. The van der Waals surface area contributed by atoms with Crippen molar-refractivity contribution < 1.29 is 24.2 Å². The quantitative estimate of drug-likeness (QED) is 0.721. The molecule has 0 atom stereocenters. The zero-order chi connectivity index (χ0) is 19.4. The number of nitrogens with one attached hydrogen (secondary N) is 1. The van der Waals surface area contributed by atoms with Crippen molar-refractivity contribution in [3.8, 4) is 11.5 Å². The third kappa shape index (κ3) is 4.52. The van der Waals surface area contributed by atoms with Gasteiger partial charge in [0.15, 0.2) is 11.5 Å². The Balaban J connectivity index is 1.81. The summed E-state index contributed by atoms with van der Waals surface area (Å²) in [6.45, 7) is 2.28. The molecule has 0 heterocycles. The van der Waals surface area contributed by atoms with Gasteiger partial charge >= 0.3 is 5.97 Å². The summed E-state index contributed by atoms with van der Waals surface area (Å²) in [6, 6.07) is 9.06. The number of carboxylic acids is 1. The van der Waals surface area contributed by atoms with Crippen molar-refractivity contribution in [2.75, 3.05) is 11.9 Å². The highest BCUT2D eigenvalue weighted by Crippen LogP contribution is 2.39. The summed E-state index contributed by atoms with van der Waals surface area (Å²) in [4.78, 5) is 23.5. The van der Waals surface area contributed by atoms with Crippen LogP contribution in [0.5, 0.6) is 11.5 Å². The maximum absolute atomic E-state index is 12.6. The monoisotopic (exact) mass is 389 g/mol. The lowest BCUT2D eigenvalue weighted by Crippen LogP contribution is -2.25. The molecule has 0 radical (unpaired) electrons. The molecule has 2 aromatic rings. The van der Waals surface area contributed by atoms with E-state index in [-0.39, 0.29) is 17.6 Å². The van der Waals surface area contributed by atoms with Crippen molar-refractivity contribution in [3.05, 3.63) is 52.5 Å². The number of carbonyl (C=O) groups is 2. The molecule has 1 amide bonds. The summed E-state index contributed by atoms with van der Waals surface area (Å²) in [5, 5.41) is 12.0. The average Bonchev–Trinajstić information content (AvgIpc) is 2.60. The number of ether oxygens (including phenoxy) is 2. The van der Waals surface area contributed by atoms with Gasteiger partial charge in [0.1, 0.15) is 0 Å². The second-order valence-corrected chi connectivity index (χ2v) is 6.63. The maximum Gasteiger partial charge on any atom is 0.335 e. The van der Waals surface area contributed by atoms with Crippen molar-refractivity contribution in [2.24, 2.45) is 0 Å². The number of anilines is 1. The minimum atomic E-state index is -1.02. The van der Waals surface area contributed by atoms with E-state index in [1.807, 2.05) is 6.92 Å². The van der Waals surface area contributed by atoms with Crippen molar-refractivity contribution in [3.63, 3.8) is 0 Å². The molecule has 0 aliphatic heterocycles. The van der Waals surface area contributed by atoms with E-state index in [9.17, 15) is 9.59 Å². The lowest BCUT2D eigenvalue weighted by Gasteiger charge is -2.27. The van der Waals surface area contributed by atoms with Gasteiger partial charge in [-0.3, -0.25) is 4.79 Å². The first-order valence-electron chi connectivity index (χ1n) is 8.75. The van der Waals surface area contributed by atoms with E-state index in [0.717, 1.165) is 19.3 Å². The smallest absolute Gasteiger partial charge is 0.335 e. The third-order valence-corrected chi connectivity index (χ3v) is 4.58. The lowest BCUT2D eigenvalue weighted by atomic mass is 9.96. The van der Waals surface area contributed by atoms with Crippen LogP contribution in [0.3, 0.4) is 0 Å². The first-order chi connectivity index (χ1) is 13.0. The number of hydrogen-bond donors (Lipinski definition) is 2. The Morgan fingerprint density at radius 2 is 1.89 bits per heavy atom. The lowest BCUT2D eigenvalue weighted by molar-refractivity contribution is 0.0696. The van der Waals surface area contributed by atoms with E-state index in [1.54, 1.807) is 6.07 Å². The van der Waals surface area contributed by atoms with Gasteiger partial charge in [0.25, 0.3) is 5.91 Å². The fourth-order valence-corrected chi connectivity index (χ4v) is 2.90. The molecule has 1 fully saturated rings. The predicted molar refractivity (Wildman–Crippen MR) is 102 cm³/mol. The molecule has 1 aliphatic rings. The van der Waals surface area contributed by atoms with Crippen LogP contribution < -0.4 is 14.8 Å². The molecular formula is C20H20ClNO5. The Bertz CT molecular complexity index is 846. The molecule has 0 bridgehead atoms. The van der Waals surface area contributed by atoms with Gasteiger partial charge in [0.05, 0.1) is 23.3 Å². The molecule has 1 saturated carbocycles. The summed E-state index contributed by atoms with van der Waals surface area (Å²) in [5.74, 6) is -0.501. The highest BCUT2D eigenvalue weighted by Gasteiger charge is 2.23.